The number of hydrogen-bond donors (Lipinski definition) is 0. The van der Waals surface area contributed by atoms with Gasteiger partial charge in [0.2, 0.25) is 0 Å². The van der Waals surface area contributed by atoms with Crippen LogP contribution >= 0.6 is 11.6 Å². The molecule has 0 aliphatic heterocycles. The lowest BCUT2D eigenvalue weighted by Gasteiger charge is -2.09. The number of Topliss-reactive ketones (excluding diaryl/α,β-unsaturated/α-hetero) is 1. The SMILES string of the molecule is Cc1ccc(C(=O)C(Cl)c2ccccc2)c(F)c1. The third-order valence-electron chi connectivity index (χ3n) is 2.71. The molecule has 0 spiro atoms. The van der Waals surface area contributed by atoms with Crippen LogP contribution < -0.4 is 0 Å². The Morgan fingerprint density at radius 2 is 1.83 bits per heavy atom. The predicted octanol–water partition coefficient (Wildman–Crippen LogP) is 4.30. The molecule has 0 N–H and O–H groups in total. The minimum atomic E-state index is -0.858. The molecule has 0 bridgehead atoms. The van der Waals surface area contributed by atoms with E-state index in [1.54, 1.807) is 37.3 Å². The Labute approximate surface area is 110 Å². The Kier molecular flexibility index (Phi) is 3.78. The Bertz CT molecular complexity index is 566. The van der Waals surface area contributed by atoms with Gasteiger partial charge in [-0.2, -0.15) is 0 Å². The Morgan fingerprint density at radius 1 is 1.17 bits per heavy atom. The normalized spacial score (nSPS) is 12.2. The van der Waals surface area contributed by atoms with Crippen molar-refractivity contribution in [3.8, 4) is 0 Å². The summed E-state index contributed by atoms with van der Waals surface area (Å²) in [6.07, 6.45) is 0. The van der Waals surface area contributed by atoms with Gasteiger partial charge in [0.05, 0.1) is 5.56 Å². The molecule has 0 aliphatic rings. The van der Waals surface area contributed by atoms with Crippen LogP contribution in [-0.4, -0.2) is 5.78 Å². The number of carbonyl (C=O) groups excluding carboxylic acids is 1. The van der Waals surface area contributed by atoms with Crippen molar-refractivity contribution in [1.29, 1.82) is 0 Å². The van der Waals surface area contributed by atoms with Crippen LogP contribution in [0.3, 0.4) is 0 Å². The van der Waals surface area contributed by atoms with Gasteiger partial charge in [-0.15, -0.1) is 11.6 Å². The topological polar surface area (TPSA) is 17.1 Å². The highest BCUT2D eigenvalue weighted by atomic mass is 35.5. The van der Waals surface area contributed by atoms with Gasteiger partial charge in [0.25, 0.3) is 0 Å². The molecule has 1 nitrogen and oxygen atoms in total. The molecule has 3 heteroatoms. The summed E-state index contributed by atoms with van der Waals surface area (Å²) in [5.41, 5.74) is 1.48. The van der Waals surface area contributed by atoms with E-state index in [2.05, 4.69) is 0 Å². The van der Waals surface area contributed by atoms with Gasteiger partial charge in [-0.3, -0.25) is 4.79 Å². The Balaban J connectivity index is 2.32. The molecule has 2 aromatic rings. The number of benzene rings is 2. The van der Waals surface area contributed by atoms with Crippen molar-refractivity contribution < 1.29 is 9.18 Å². The maximum atomic E-state index is 13.7. The molecule has 2 aromatic carbocycles. The van der Waals surface area contributed by atoms with Gasteiger partial charge in [-0.25, -0.2) is 4.39 Å². The van der Waals surface area contributed by atoms with Crippen molar-refractivity contribution in [2.75, 3.05) is 0 Å². The molecular weight excluding hydrogens is 251 g/mol. The summed E-state index contributed by atoms with van der Waals surface area (Å²) in [6, 6.07) is 13.4. The number of aryl methyl sites for hydroxylation is 1. The van der Waals surface area contributed by atoms with Gasteiger partial charge in [-0.05, 0) is 30.2 Å². The monoisotopic (exact) mass is 262 g/mol. The van der Waals surface area contributed by atoms with Gasteiger partial charge in [0.1, 0.15) is 11.2 Å². The summed E-state index contributed by atoms with van der Waals surface area (Å²) in [5.74, 6) is -0.943. The summed E-state index contributed by atoms with van der Waals surface area (Å²) >= 11 is 6.09. The maximum absolute atomic E-state index is 13.7. The highest BCUT2D eigenvalue weighted by Gasteiger charge is 2.21. The first-order valence-corrected chi connectivity index (χ1v) is 6.02. The van der Waals surface area contributed by atoms with Gasteiger partial charge < -0.3 is 0 Å². The van der Waals surface area contributed by atoms with Gasteiger partial charge in [0, 0.05) is 0 Å². The molecule has 0 radical (unpaired) electrons. The zero-order chi connectivity index (χ0) is 13.1. The molecule has 1 atom stereocenters. The predicted molar refractivity (Wildman–Crippen MR) is 70.5 cm³/mol. The van der Waals surface area contributed by atoms with E-state index >= 15 is 0 Å². The van der Waals surface area contributed by atoms with E-state index in [0.29, 0.717) is 5.56 Å². The van der Waals surface area contributed by atoms with Crippen LogP contribution in [0.1, 0.15) is 26.9 Å². The summed E-state index contributed by atoms with van der Waals surface area (Å²) in [7, 11) is 0. The van der Waals surface area contributed by atoms with Crippen LogP contribution in [0, 0.1) is 12.7 Å². The Hall–Kier alpha value is -1.67. The van der Waals surface area contributed by atoms with Crippen LogP contribution in [0.15, 0.2) is 48.5 Å². The summed E-state index contributed by atoms with van der Waals surface area (Å²) < 4.78 is 13.7. The van der Waals surface area contributed by atoms with E-state index < -0.39 is 17.0 Å². The lowest BCUT2D eigenvalue weighted by Crippen LogP contribution is -2.09. The largest absolute Gasteiger partial charge is 0.292 e. The number of rotatable bonds is 3. The molecule has 18 heavy (non-hydrogen) atoms. The highest BCUT2D eigenvalue weighted by molar-refractivity contribution is 6.33. The first-order chi connectivity index (χ1) is 8.59. The molecule has 92 valence electrons. The van der Waals surface area contributed by atoms with E-state index in [1.165, 1.54) is 12.1 Å². The van der Waals surface area contributed by atoms with E-state index in [-0.39, 0.29) is 5.56 Å². The smallest absolute Gasteiger partial charge is 0.188 e. The molecule has 0 heterocycles. The second-order valence-corrected chi connectivity index (χ2v) is 4.56. The second kappa shape index (κ2) is 5.32. The van der Waals surface area contributed by atoms with E-state index in [9.17, 15) is 9.18 Å². The number of alkyl halides is 1. The van der Waals surface area contributed by atoms with Crippen LogP contribution in [0.4, 0.5) is 4.39 Å². The first-order valence-electron chi connectivity index (χ1n) is 5.59. The van der Waals surface area contributed by atoms with Crippen molar-refractivity contribution in [2.24, 2.45) is 0 Å². The maximum Gasteiger partial charge on any atom is 0.188 e. The molecule has 0 aromatic heterocycles. The first kappa shape index (κ1) is 12.8. The third-order valence-corrected chi connectivity index (χ3v) is 3.16. The lowest BCUT2D eigenvalue weighted by atomic mass is 10.0. The zero-order valence-corrected chi connectivity index (χ0v) is 10.6. The number of halogens is 2. The quantitative estimate of drug-likeness (QED) is 0.595. The average Bonchev–Trinajstić information content (AvgIpc) is 2.38. The zero-order valence-electron chi connectivity index (χ0n) is 9.86. The summed E-state index contributed by atoms with van der Waals surface area (Å²) in [4.78, 5) is 12.1. The van der Waals surface area contributed by atoms with Gasteiger partial charge >= 0.3 is 0 Å². The van der Waals surface area contributed by atoms with Crippen LogP contribution in [-0.2, 0) is 0 Å². The van der Waals surface area contributed by atoms with E-state index in [0.717, 1.165) is 5.56 Å². The standard InChI is InChI=1S/C15H12ClFO/c1-10-7-8-12(13(17)9-10)15(18)14(16)11-5-3-2-4-6-11/h2-9,14H,1H3. The Morgan fingerprint density at radius 3 is 2.44 bits per heavy atom. The average molecular weight is 263 g/mol. The number of carbonyl (C=O) groups is 1. The molecule has 0 saturated heterocycles. The minimum absolute atomic E-state index is 0.0319. The molecule has 0 saturated carbocycles. The molecule has 0 amide bonds. The molecular formula is C15H12ClFO. The summed E-state index contributed by atoms with van der Waals surface area (Å²) in [6.45, 7) is 1.77. The second-order valence-electron chi connectivity index (χ2n) is 4.12. The van der Waals surface area contributed by atoms with Crippen LogP contribution in [0.5, 0.6) is 0 Å². The fraction of sp³-hybridized carbons (Fsp3) is 0.133. The minimum Gasteiger partial charge on any atom is -0.292 e. The number of hydrogen-bond acceptors (Lipinski definition) is 1. The van der Waals surface area contributed by atoms with Crippen molar-refractivity contribution in [1.82, 2.24) is 0 Å². The van der Waals surface area contributed by atoms with Crippen molar-refractivity contribution >= 4 is 17.4 Å². The fourth-order valence-corrected chi connectivity index (χ4v) is 1.99. The van der Waals surface area contributed by atoms with Crippen LogP contribution in [0.2, 0.25) is 0 Å². The van der Waals surface area contributed by atoms with Crippen molar-refractivity contribution in [3.05, 3.63) is 71.0 Å². The highest BCUT2D eigenvalue weighted by Crippen LogP contribution is 2.26. The number of ketones is 1. The van der Waals surface area contributed by atoms with Gasteiger partial charge in [0.15, 0.2) is 5.78 Å². The lowest BCUT2D eigenvalue weighted by molar-refractivity contribution is 0.0983. The van der Waals surface area contributed by atoms with Crippen LogP contribution in [0.25, 0.3) is 0 Å². The molecule has 0 aliphatic carbocycles. The molecule has 2 rings (SSSR count). The van der Waals surface area contributed by atoms with E-state index in [4.69, 9.17) is 11.6 Å². The molecule has 0 fully saturated rings. The fourth-order valence-electron chi connectivity index (χ4n) is 1.73. The summed E-state index contributed by atoms with van der Waals surface area (Å²) in [5, 5.41) is -0.858. The van der Waals surface area contributed by atoms with Crippen molar-refractivity contribution in [3.63, 3.8) is 0 Å². The van der Waals surface area contributed by atoms with E-state index in [1.807, 2.05) is 6.07 Å². The van der Waals surface area contributed by atoms with Gasteiger partial charge in [-0.1, -0.05) is 36.4 Å². The third kappa shape index (κ3) is 2.59. The molecule has 1 unspecified atom stereocenters. The van der Waals surface area contributed by atoms with Crippen molar-refractivity contribution in [2.45, 2.75) is 12.3 Å².